The fraction of sp³-hybridized carbons (Fsp3) is 0.429. The van der Waals surface area contributed by atoms with Gasteiger partial charge in [0.1, 0.15) is 12.2 Å². The van der Waals surface area contributed by atoms with Crippen LogP contribution in [0, 0.1) is 18.3 Å². The lowest BCUT2D eigenvalue weighted by atomic mass is 9.84. The Morgan fingerprint density at radius 1 is 1.30 bits per heavy atom. The van der Waals surface area contributed by atoms with Crippen molar-refractivity contribution in [3.63, 3.8) is 0 Å². The van der Waals surface area contributed by atoms with Gasteiger partial charge >= 0.3 is 0 Å². The number of aliphatic hydroxyl groups is 1. The molecule has 12 heteroatoms. The van der Waals surface area contributed by atoms with Gasteiger partial charge in [-0.15, -0.1) is 0 Å². The molecule has 1 amide bonds. The number of rotatable bonds is 8. The highest BCUT2D eigenvalue weighted by Crippen LogP contribution is 2.38. The summed E-state index contributed by atoms with van der Waals surface area (Å²) in [5.74, 6) is 0.603. The van der Waals surface area contributed by atoms with Crippen LogP contribution in [0.4, 0.5) is 10.1 Å². The lowest BCUT2D eigenvalue weighted by Gasteiger charge is -2.40. The Balaban J connectivity index is 1.54. The van der Waals surface area contributed by atoms with Crippen LogP contribution in [0.15, 0.2) is 41.2 Å². The zero-order valence-electron chi connectivity index (χ0n) is 22.6. The monoisotopic (exact) mass is 546 g/mol. The largest absolute Gasteiger partial charge is 0.387 e. The van der Waals surface area contributed by atoms with Gasteiger partial charge < -0.3 is 20.3 Å². The smallest absolute Gasteiger partial charge is 0.252 e. The van der Waals surface area contributed by atoms with Gasteiger partial charge in [-0.25, -0.2) is 8.91 Å². The van der Waals surface area contributed by atoms with Crippen molar-refractivity contribution >= 4 is 17.1 Å². The number of aryl methyl sites for hydroxylation is 1. The highest BCUT2D eigenvalue weighted by molar-refractivity contribution is 5.99. The van der Waals surface area contributed by atoms with Gasteiger partial charge in [0.15, 0.2) is 5.82 Å². The molecule has 0 saturated heterocycles. The van der Waals surface area contributed by atoms with E-state index >= 15 is 4.39 Å². The van der Waals surface area contributed by atoms with E-state index in [9.17, 15) is 15.2 Å². The Morgan fingerprint density at radius 2 is 2.05 bits per heavy atom. The number of nitrogens with two attached hydrogens (primary N) is 1. The number of carbonyl (C=O) groups is 1. The quantitative estimate of drug-likeness (QED) is 0.336. The molecule has 4 aromatic rings. The van der Waals surface area contributed by atoms with Crippen molar-refractivity contribution in [2.75, 3.05) is 11.4 Å². The van der Waals surface area contributed by atoms with Crippen LogP contribution in [0.25, 0.3) is 16.9 Å². The molecule has 0 unspecified atom stereocenters. The highest BCUT2D eigenvalue weighted by Gasteiger charge is 2.35. The Kier molecular flexibility index (Phi) is 7.25. The van der Waals surface area contributed by atoms with Crippen molar-refractivity contribution < 1.29 is 18.8 Å². The van der Waals surface area contributed by atoms with Crippen LogP contribution in [0.2, 0.25) is 0 Å². The summed E-state index contributed by atoms with van der Waals surface area (Å²) in [6.07, 6.45) is 4.10. The lowest BCUT2D eigenvalue weighted by molar-refractivity contribution is -0.000446. The van der Waals surface area contributed by atoms with Crippen LogP contribution >= 0.6 is 0 Å². The number of nitrogens with zero attached hydrogens (tertiary/aromatic N) is 7. The third-order valence-corrected chi connectivity index (χ3v) is 7.52. The van der Waals surface area contributed by atoms with Crippen LogP contribution < -0.4 is 10.6 Å². The molecule has 0 aliphatic heterocycles. The molecule has 1 saturated carbocycles. The summed E-state index contributed by atoms with van der Waals surface area (Å²) in [7, 11) is 0. The van der Waals surface area contributed by atoms with Gasteiger partial charge in [0, 0.05) is 25.1 Å². The van der Waals surface area contributed by atoms with E-state index in [4.69, 9.17) is 10.3 Å². The van der Waals surface area contributed by atoms with E-state index in [2.05, 4.69) is 26.3 Å². The zero-order chi connectivity index (χ0) is 28.6. The molecule has 40 heavy (non-hydrogen) atoms. The molecule has 11 nitrogen and oxygen atoms in total. The molecule has 4 aromatic heterocycles. The van der Waals surface area contributed by atoms with Crippen LogP contribution in [0.3, 0.4) is 0 Å². The number of alkyl halides is 1. The van der Waals surface area contributed by atoms with Crippen LogP contribution in [-0.4, -0.2) is 60.1 Å². The van der Waals surface area contributed by atoms with Crippen molar-refractivity contribution in [3.05, 3.63) is 59.5 Å². The number of nitriles is 1. The fourth-order valence-electron chi connectivity index (χ4n) is 5.23. The van der Waals surface area contributed by atoms with Crippen molar-refractivity contribution in [1.82, 2.24) is 24.7 Å². The number of pyridine rings is 1. The molecular weight excluding hydrogens is 515 g/mol. The van der Waals surface area contributed by atoms with Gasteiger partial charge in [0.25, 0.3) is 5.91 Å². The number of halogens is 1. The van der Waals surface area contributed by atoms with Crippen LogP contribution in [0.5, 0.6) is 0 Å². The molecule has 0 radical (unpaired) electrons. The fourth-order valence-corrected chi connectivity index (χ4v) is 5.23. The maximum atomic E-state index is 15.4. The van der Waals surface area contributed by atoms with Crippen molar-refractivity contribution in [2.45, 2.75) is 70.2 Å². The molecule has 0 bridgehead atoms. The number of fused-ring (bicyclic) bond motifs is 1. The SMILES string of the molecule is Cc1nc(C2CCC(N(C[C@@H](F)C(C)(C)O)c3cc(-c4ccc5cc(C#N)cnn45)ncc3C(N)=O)CC2)no1. The van der Waals surface area contributed by atoms with Crippen molar-refractivity contribution in [1.29, 1.82) is 5.26 Å². The second kappa shape index (κ2) is 10.7. The minimum atomic E-state index is -1.61. The van der Waals surface area contributed by atoms with Gasteiger partial charge in [0.2, 0.25) is 5.89 Å². The zero-order valence-corrected chi connectivity index (χ0v) is 22.6. The number of primary amides is 1. The van der Waals surface area contributed by atoms with Crippen molar-refractivity contribution in [3.8, 4) is 17.5 Å². The second-order valence-electron chi connectivity index (χ2n) is 10.8. The molecule has 208 valence electrons. The van der Waals surface area contributed by atoms with Gasteiger partial charge in [-0.3, -0.25) is 9.78 Å². The second-order valence-corrected chi connectivity index (χ2v) is 10.8. The first-order chi connectivity index (χ1) is 19.0. The van der Waals surface area contributed by atoms with Gasteiger partial charge in [0.05, 0.1) is 52.1 Å². The Morgan fingerprint density at radius 3 is 2.67 bits per heavy atom. The van der Waals surface area contributed by atoms with E-state index in [0.29, 0.717) is 52.7 Å². The molecular formula is C28H31FN8O3. The maximum Gasteiger partial charge on any atom is 0.252 e. The number of aromatic nitrogens is 5. The molecule has 4 heterocycles. The van der Waals surface area contributed by atoms with E-state index < -0.39 is 17.7 Å². The summed E-state index contributed by atoms with van der Waals surface area (Å²) in [5, 5.41) is 28.1. The third kappa shape index (κ3) is 5.37. The number of hydrogen-bond donors (Lipinski definition) is 2. The topological polar surface area (TPSA) is 159 Å². The third-order valence-electron chi connectivity index (χ3n) is 7.52. The van der Waals surface area contributed by atoms with Gasteiger partial charge in [-0.2, -0.15) is 15.3 Å². The first-order valence-electron chi connectivity index (χ1n) is 13.2. The van der Waals surface area contributed by atoms with E-state index in [-0.39, 0.29) is 24.1 Å². The summed E-state index contributed by atoms with van der Waals surface area (Å²) >= 11 is 0. The van der Waals surface area contributed by atoms with E-state index in [1.54, 1.807) is 23.6 Å². The normalized spacial score (nSPS) is 18.4. The number of carbonyl (C=O) groups excluding carboxylic acids is 1. The summed E-state index contributed by atoms with van der Waals surface area (Å²) < 4.78 is 22.2. The number of hydrogen-bond acceptors (Lipinski definition) is 9. The van der Waals surface area contributed by atoms with Gasteiger partial charge in [-0.05, 0) is 63.8 Å². The first-order valence-corrected chi connectivity index (χ1v) is 13.2. The molecule has 1 aliphatic rings. The van der Waals surface area contributed by atoms with Crippen LogP contribution in [-0.2, 0) is 0 Å². The average Bonchev–Trinajstić information content (AvgIpc) is 3.56. The minimum absolute atomic E-state index is 0.117. The average molecular weight is 547 g/mol. The standard InChI is InChI=1S/C28H31FN8O3/c1-16-34-27(35-40-16)18-4-6-19(7-5-18)36(15-25(29)28(2,3)39)24-11-22(32-14-21(24)26(31)38)23-9-8-20-10-17(12-30)13-33-37(20)23/h8-11,13-14,18-19,25,39H,4-7,15H2,1-3H3,(H2,31,38)/t18?,19?,25-/m1/s1. The predicted octanol–water partition coefficient (Wildman–Crippen LogP) is 3.70. The van der Waals surface area contributed by atoms with E-state index in [1.807, 2.05) is 17.0 Å². The molecule has 1 aliphatic carbocycles. The first kappa shape index (κ1) is 27.2. The van der Waals surface area contributed by atoms with Crippen LogP contribution in [0.1, 0.15) is 73.1 Å². The molecule has 3 N–H and O–H groups in total. The Hall–Kier alpha value is -4.37. The number of anilines is 1. The Bertz CT molecular complexity index is 1580. The molecule has 0 aromatic carbocycles. The predicted molar refractivity (Wildman–Crippen MR) is 144 cm³/mol. The summed E-state index contributed by atoms with van der Waals surface area (Å²) in [6.45, 7) is 4.45. The Labute approximate surface area is 230 Å². The minimum Gasteiger partial charge on any atom is -0.387 e. The highest BCUT2D eigenvalue weighted by atomic mass is 19.1. The van der Waals surface area contributed by atoms with E-state index in [0.717, 1.165) is 12.8 Å². The molecule has 1 fully saturated rings. The van der Waals surface area contributed by atoms with E-state index in [1.165, 1.54) is 26.2 Å². The van der Waals surface area contributed by atoms with Crippen molar-refractivity contribution in [2.24, 2.45) is 5.73 Å². The summed E-state index contributed by atoms with van der Waals surface area (Å²) in [6, 6.07) is 8.99. The molecule has 1 atom stereocenters. The summed E-state index contributed by atoms with van der Waals surface area (Å²) in [5.41, 5.74) is 7.02. The maximum absolute atomic E-state index is 15.4. The van der Waals surface area contributed by atoms with Gasteiger partial charge in [-0.1, -0.05) is 5.16 Å². The number of amides is 1. The molecule has 0 spiro atoms. The lowest BCUT2D eigenvalue weighted by Crippen LogP contribution is -2.48. The molecule has 5 rings (SSSR count). The summed E-state index contributed by atoms with van der Waals surface area (Å²) in [4.78, 5) is 23.2.